The van der Waals surface area contributed by atoms with Gasteiger partial charge in [0.15, 0.2) is 11.5 Å². The third kappa shape index (κ3) is 3.24. The molecule has 0 radical (unpaired) electrons. The molecule has 1 unspecified atom stereocenters. The molecule has 28 heavy (non-hydrogen) atoms. The van der Waals surface area contributed by atoms with Gasteiger partial charge >= 0.3 is 0 Å². The summed E-state index contributed by atoms with van der Waals surface area (Å²) < 4.78 is 27.5. The number of nitrogens with zero attached hydrogens (tertiary/aromatic N) is 7. The second-order valence-electron chi connectivity index (χ2n) is 6.57. The van der Waals surface area contributed by atoms with Crippen LogP contribution >= 0.6 is 0 Å². The number of alkyl halides is 2. The Bertz CT molecular complexity index is 1020. The molecule has 9 nitrogen and oxygen atoms in total. The van der Waals surface area contributed by atoms with E-state index in [2.05, 4.69) is 19.9 Å². The van der Waals surface area contributed by atoms with E-state index >= 15 is 0 Å². The smallest absolute Gasteiger partial charge is 0.281 e. The van der Waals surface area contributed by atoms with E-state index in [9.17, 15) is 13.6 Å². The number of likely N-dealkylation sites (N-methyl/N-ethyl adjacent to an activating group) is 1. The zero-order valence-electron chi connectivity index (χ0n) is 15.0. The molecule has 0 aliphatic carbocycles. The van der Waals surface area contributed by atoms with Gasteiger partial charge in [0.2, 0.25) is 5.91 Å². The van der Waals surface area contributed by atoms with Gasteiger partial charge in [-0.1, -0.05) is 0 Å². The lowest BCUT2D eigenvalue weighted by Gasteiger charge is -2.38. The van der Waals surface area contributed by atoms with Crippen LogP contribution in [-0.4, -0.2) is 67.9 Å². The van der Waals surface area contributed by atoms with E-state index in [0.717, 1.165) is 0 Å². The van der Waals surface area contributed by atoms with Crippen LogP contribution in [0.5, 0.6) is 0 Å². The Morgan fingerprint density at radius 1 is 1.25 bits per heavy atom. The highest BCUT2D eigenvalue weighted by Gasteiger charge is 2.29. The Morgan fingerprint density at radius 3 is 2.82 bits per heavy atom. The van der Waals surface area contributed by atoms with Crippen molar-refractivity contribution in [3.8, 4) is 11.5 Å². The molecule has 3 aromatic heterocycles. The highest BCUT2D eigenvalue weighted by molar-refractivity contribution is 5.81. The second kappa shape index (κ2) is 7.08. The first-order chi connectivity index (χ1) is 13.4. The van der Waals surface area contributed by atoms with Crippen molar-refractivity contribution in [1.82, 2.24) is 29.2 Å². The molecule has 1 amide bonds. The number of nitrogens with two attached hydrogens (primary N) is 1. The van der Waals surface area contributed by atoms with Crippen molar-refractivity contribution in [2.75, 3.05) is 31.6 Å². The number of aromatic nitrogens is 5. The first-order valence-electron chi connectivity index (χ1n) is 8.63. The summed E-state index contributed by atoms with van der Waals surface area (Å²) in [4.78, 5) is 32.2. The van der Waals surface area contributed by atoms with Gasteiger partial charge in [0.1, 0.15) is 23.2 Å². The molecular formula is C17H18F2N8O. The molecule has 0 spiro atoms. The molecule has 0 aromatic carbocycles. The minimum absolute atomic E-state index is 0.339. The number of imidazole rings is 1. The van der Waals surface area contributed by atoms with Crippen molar-refractivity contribution in [3.63, 3.8) is 0 Å². The van der Waals surface area contributed by atoms with Crippen LogP contribution < -0.4 is 10.6 Å². The zero-order chi connectivity index (χ0) is 19.8. The third-order valence-corrected chi connectivity index (χ3v) is 4.81. The fourth-order valence-corrected chi connectivity index (χ4v) is 3.22. The van der Waals surface area contributed by atoms with Crippen molar-refractivity contribution in [2.45, 2.75) is 12.5 Å². The maximum Gasteiger partial charge on any atom is 0.281 e. The van der Waals surface area contributed by atoms with Gasteiger partial charge in [0, 0.05) is 32.0 Å². The minimum atomic E-state index is -2.69. The number of rotatable bonds is 4. The fraction of sp³-hybridized carbons (Fsp3) is 0.353. The van der Waals surface area contributed by atoms with Crippen molar-refractivity contribution < 1.29 is 13.6 Å². The van der Waals surface area contributed by atoms with E-state index in [-0.39, 0.29) is 5.69 Å². The first kappa shape index (κ1) is 18.2. The predicted molar refractivity (Wildman–Crippen MR) is 96.8 cm³/mol. The van der Waals surface area contributed by atoms with Gasteiger partial charge in [-0.15, -0.1) is 0 Å². The van der Waals surface area contributed by atoms with E-state index in [1.54, 1.807) is 12.3 Å². The maximum atomic E-state index is 13.0. The number of amides is 1. The highest BCUT2D eigenvalue weighted by Crippen LogP contribution is 2.23. The van der Waals surface area contributed by atoms with Crippen LogP contribution in [0.15, 0.2) is 30.9 Å². The number of carbonyl (C=O) groups excluding carboxylic acids is 1. The van der Waals surface area contributed by atoms with Crippen LogP contribution in [0.25, 0.3) is 17.2 Å². The number of primary amides is 1. The van der Waals surface area contributed by atoms with E-state index in [1.165, 1.54) is 23.0 Å². The number of hydrogen-bond donors (Lipinski definition) is 1. The average molecular weight is 388 g/mol. The van der Waals surface area contributed by atoms with Crippen molar-refractivity contribution >= 4 is 17.4 Å². The van der Waals surface area contributed by atoms with Crippen LogP contribution in [0.3, 0.4) is 0 Å². The largest absolute Gasteiger partial charge is 0.368 e. The molecule has 3 aromatic rings. The summed E-state index contributed by atoms with van der Waals surface area (Å²) in [5.74, 6) is 0.573. The number of fused-ring (bicyclic) bond motifs is 1. The number of hydrogen-bond acceptors (Lipinski definition) is 7. The third-order valence-electron chi connectivity index (χ3n) is 4.81. The highest BCUT2D eigenvalue weighted by atomic mass is 19.3. The fourth-order valence-electron chi connectivity index (χ4n) is 3.22. The summed E-state index contributed by atoms with van der Waals surface area (Å²) in [5, 5.41) is 0. The number of piperazine rings is 1. The van der Waals surface area contributed by atoms with Crippen LogP contribution in [0.2, 0.25) is 0 Å². The van der Waals surface area contributed by atoms with Crippen LogP contribution in [0, 0.1) is 0 Å². The Balaban J connectivity index is 1.69. The van der Waals surface area contributed by atoms with Gasteiger partial charge in [0.25, 0.3) is 6.43 Å². The monoisotopic (exact) mass is 388 g/mol. The molecule has 1 aliphatic rings. The predicted octanol–water partition coefficient (Wildman–Crippen LogP) is 0.730. The van der Waals surface area contributed by atoms with Crippen LogP contribution in [0.1, 0.15) is 12.1 Å². The normalized spacial score (nSPS) is 18.1. The Kier molecular flexibility index (Phi) is 4.59. The van der Waals surface area contributed by atoms with Crippen LogP contribution in [0.4, 0.5) is 14.6 Å². The lowest BCUT2D eigenvalue weighted by Crippen LogP contribution is -2.57. The SMILES string of the molecule is CN1CCN(c2ccnc(-c3cnc4cnc(C(F)F)cn34)n2)CC1C(N)=O. The van der Waals surface area contributed by atoms with Gasteiger partial charge in [-0.25, -0.2) is 28.7 Å². The quantitative estimate of drug-likeness (QED) is 0.702. The standard InChI is InChI=1S/C17H18F2N8O/c1-25-4-5-26(9-12(25)16(20)28)13-2-3-21-17(24-13)11-6-23-14-7-22-10(15(18)19)8-27(11)14/h2-3,6-8,12,15H,4-5,9H2,1H3,(H2,20,28). The van der Waals surface area contributed by atoms with E-state index in [4.69, 9.17) is 5.73 Å². The lowest BCUT2D eigenvalue weighted by atomic mass is 10.1. The molecule has 2 N–H and O–H groups in total. The molecule has 1 saturated heterocycles. The first-order valence-corrected chi connectivity index (χ1v) is 8.63. The molecule has 4 rings (SSSR count). The molecule has 4 heterocycles. The van der Waals surface area contributed by atoms with E-state index < -0.39 is 18.4 Å². The molecule has 0 saturated carbocycles. The topological polar surface area (TPSA) is 106 Å². The summed E-state index contributed by atoms with van der Waals surface area (Å²) in [5.41, 5.74) is 6.02. The molecule has 11 heteroatoms. The summed E-state index contributed by atoms with van der Waals surface area (Å²) >= 11 is 0. The van der Waals surface area contributed by atoms with E-state index in [1.807, 2.05) is 16.8 Å². The van der Waals surface area contributed by atoms with Crippen molar-refractivity contribution in [1.29, 1.82) is 0 Å². The Hall–Kier alpha value is -3.21. The zero-order valence-corrected chi connectivity index (χ0v) is 15.0. The molecule has 1 aliphatic heterocycles. The summed E-state index contributed by atoms with van der Waals surface area (Å²) in [6, 6.07) is 1.32. The molecule has 0 bridgehead atoms. The lowest BCUT2D eigenvalue weighted by molar-refractivity contribution is -0.122. The van der Waals surface area contributed by atoms with E-state index in [0.29, 0.717) is 42.6 Å². The average Bonchev–Trinajstić information content (AvgIpc) is 3.11. The number of halogens is 2. The molecular weight excluding hydrogens is 370 g/mol. The van der Waals surface area contributed by atoms with Gasteiger partial charge in [-0.05, 0) is 13.1 Å². The maximum absolute atomic E-state index is 13.0. The van der Waals surface area contributed by atoms with Crippen LogP contribution in [-0.2, 0) is 4.79 Å². The minimum Gasteiger partial charge on any atom is -0.368 e. The van der Waals surface area contributed by atoms with Gasteiger partial charge in [-0.2, -0.15) is 0 Å². The van der Waals surface area contributed by atoms with Crippen molar-refractivity contribution in [2.24, 2.45) is 5.73 Å². The summed E-state index contributed by atoms with van der Waals surface area (Å²) in [6.07, 6.45) is 2.93. The summed E-state index contributed by atoms with van der Waals surface area (Å²) in [7, 11) is 1.85. The summed E-state index contributed by atoms with van der Waals surface area (Å²) in [6.45, 7) is 1.74. The second-order valence-corrected chi connectivity index (χ2v) is 6.57. The van der Waals surface area contributed by atoms with Gasteiger partial charge in [-0.3, -0.25) is 14.1 Å². The Morgan fingerprint density at radius 2 is 2.07 bits per heavy atom. The van der Waals surface area contributed by atoms with Gasteiger partial charge < -0.3 is 10.6 Å². The van der Waals surface area contributed by atoms with Gasteiger partial charge in [0.05, 0.1) is 12.4 Å². The molecule has 1 atom stereocenters. The number of anilines is 1. The Labute approximate surface area is 158 Å². The van der Waals surface area contributed by atoms with Crippen molar-refractivity contribution in [3.05, 3.63) is 36.5 Å². The number of carbonyl (C=O) groups is 1. The molecule has 1 fully saturated rings. The molecule has 146 valence electrons.